The molecule has 6 nitrogen and oxygen atoms in total. The summed E-state index contributed by atoms with van der Waals surface area (Å²) in [5.41, 5.74) is 2.37. The van der Waals surface area contributed by atoms with Crippen LogP contribution in [0.3, 0.4) is 0 Å². The molecule has 134 valence electrons. The molecule has 0 aliphatic rings. The third-order valence-electron chi connectivity index (χ3n) is 3.51. The summed E-state index contributed by atoms with van der Waals surface area (Å²) >= 11 is 1.17. The molecule has 0 aliphatic carbocycles. The summed E-state index contributed by atoms with van der Waals surface area (Å²) in [5.74, 6) is 0.383. The maximum Gasteiger partial charge on any atom is 0.325 e. The van der Waals surface area contributed by atoms with E-state index in [1.807, 2.05) is 31.2 Å². The van der Waals surface area contributed by atoms with Gasteiger partial charge in [-0.2, -0.15) is 0 Å². The number of hydrogen-bond acceptors (Lipinski definition) is 4. The van der Waals surface area contributed by atoms with Crippen molar-refractivity contribution in [3.05, 3.63) is 40.4 Å². The Kier molecular flexibility index (Phi) is 6.52. The van der Waals surface area contributed by atoms with Crippen LogP contribution in [-0.2, 0) is 0 Å². The van der Waals surface area contributed by atoms with Crippen LogP contribution in [0.4, 0.5) is 15.6 Å². The van der Waals surface area contributed by atoms with Gasteiger partial charge in [0.05, 0.1) is 5.69 Å². The van der Waals surface area contributed by atoms with Gasteiger partial charge in [-0.05, 0) is 43.9 Å². The molecule has 0 saturated carbocycles. The number of carbonyl (C=O) groups excluding carboxylic acids is 2. The molecule has 0 atom stereocenters. The molecule has 2 rings (SSSR count). The number of benzene rings is 1. The van der Waals surface area contributed by atoms with Crippen LogP contribution in [0.2, 0.25) is 0 Å². The molecule has 2 aromatic rings. The lowest BCUT2D eigenvalue weighted by molar-refractivity contribution is 0.0955. The van der Waals surface area contributed by atoms with E-state index >= 15 is 0 Å². The summed E-state index contributed by atoms with van der Waals surface area (Å²) in [7, 11) is 0. The van der Waals surface area contributed by atoms with Crippen molar-refractivity contribution in [3.63, 3.8) is 0 Å². The molecule has 0 radical (unpaired) electrons. The van der Waals surface area contributed by atoms with E-state index in [4.69, 9.17) is 0 Å². The molecule has 25 heavy (non-hydrogen) atoms. The van der Waals surface area contributed by atoms with Crippen LogP contribution in [0.15, 0.2) is 24.3 Å². The van der Waals surface area contributed by atoms with Crippen LogP contribution in [0, 0.1) is 19.8 Å². The van der Waals surface area contributed by atoms with Crippen LogP contribution < -0.4 is 16.0 Å². The highest BCUT2D eigenvalue weighted by Gasteiger charge is 2.16. The molecule has 0 saturated heterocycles. The minimum absolute atomic E-state index is 0.150. The first kappa shape index (κ1) is 18.9. The van der Waals surface area contributed by atoms with Gasteiger partial charge in [-0.15, -0.1) is 0 Å². The molecule has 7 heteroatoms. The van der Waals surface area contributed by atoms with Gasteiger partial charge in [0, 0.05) is 12.2 Å². The number of nitrogens with one attached hydrogen (secondary N) is 3. The van der Waals surface area contributed by atoms with Crippen molar-refractivity contribution in [2.45, 2.75) is 34.1 Å². The van der Waals surface area contributed by atoms with Gasteiger partial charge in [0.2, 0.25) is 0 Å². The summed E-state index contributed by atoms with van der Waals surface area (Å²) in [4.78, 5) is 29.1. The molecule has 1 aromatic heterocycles. The minimum atomic E-state index is -0.383. The van der Waals surface area contributed by atoms with E-state index in [9.17, 15) is 9.59 Å². The summed E-state index contributed by atoms with van der Waals surface area (Å²) in [6, 6.07) is 7.13. The molecule has 0 fully saturated rings. The zero-order valence-corrected chi connectivity index (χ0v) is 15.8. The molecule has 1 heterocycles. The normalized spacial score (nSPS) is 10.6. The number of anilines is 2. The Hall–Kier alpha value is -2.41. The van der Waals surface area contributed by atoms with Crippen molar-refractivity contribution in [3.8, 4) is 0 Å². The summed E-state index contributed by atoms with van der Waals surface area (Å²) in [5, 5.41) is 8.72. The number of rotatable bonds is 6. The van der Waals surface area contributed by atoms with Crippen LogP contribution in [0.5, 0.6) is 0 Å². The highest BCUT2D eigenvalue weighted by atomic mass is 32.1. The second kappa shape index (κ2) is 8.62. The number of amides is 3. The molecule has 0 unspecified atom stereocenters. The largest absolute Gasteiger partial charge is 0.351 e. The lowest BCUT2D eigenvalue weighted by atomic mass is 10.1. The Morgan fingerprint density at radius 3 is 2.64 bits per heavy atom. The van der Waals surface area contributed by atoms with Gasteiger partial charge in [-0.1, -0.05) is 37.3 Å². The zero-order chi connectivity index (χ0) is 18.4. The molecule has 3 N–H and O–H groups in total. The maximum absolute atomic E-state index is 12.2. The Morgan fingerprint density at radius 1 is 1.20 bits per heavy atom. The Bertz CT molecular complexity index is 755. The van der Waals surface area contributed by atoms with Crippen molar-refractivity contribution in [1.29, 1.82) is 0 Å². The number of nitrogens with zero attached hydrogens (tertiary/aromatic N) is 1. The average Bonchev–Trinajstić information content (AvgIpc) is 2.87. The van der Waals surface area contributed by atoms with Crippen molar-refractivity contribution in [2.75, 3.05) is 17.2 Å². The van der Waals surface area contributed by atoms with E-state index in [-0.39, 0.29) is 11.9 Å². The highest BCUT2D eigenvalue weighted by molar-refractivity contribution is 7.17. The second-order valence-corrected chi connectivity index (χ2v) is 7.32. The van der Waals surface area contributed by atoms with Crippen LogP contribution >= 0.6 is 11.3 Å². The van der Waals surface area contributed by atoms with Crippen molar-refractivity contribution in [1.82, 2.24) is 10.3 Å². The van der Waals surface area contributed by atoms with Gasteiger partial charge < -0.3 is 10.6 Å². The lowest BCUT2D eigenvalue weighted by Crippen LogP contribution is -2.25. The van der Waals surface area contributed by atoms with E-state index in [0.29, 0.717) is 33.9 Å². The van der Waals surface area contributed by atoms with E-state index < -0.39 is 0 Å². The Morgan fingerprint density at radius 2 is 1.96 bits per heavy atom. The fraction of sp³-hybridized carbons (Fsp3) is 0.389. The number of thiazole rings is 1. The molecule has 0 bridgehead atoms. The van der Waals surface area contributed by atoms with Crippen molar-refractivity contribution >= 4 is 34.1 Å². The maximum atomic E-state index is 12.2. The molecular weight excluding hydrogens is 336 g/mol. The molecular formula is C18H24N4O2S. The minimum Gasteiger partial charge on any atom is -0.351 e. The standard InChI is InChI=1S/C18H24N4O2S/c1-11(2)8-9-19-16(23)15-13(4)20-18(25-15)22-17(24)21-14-7-5-6-12(3)10-14/h5-7,10-11H,8-9H2,1-4H3,(H,19,23)(H2,20,21,22,24). The quantitative estimate of drug-likeness (QED) is 0.722. The SMILES string of the molecule is Cc1cccc(NC(=O)Nc2nc(C)c(C(=O)NCCC(C)C)s2)c1. The summed E-state index contributed by atoms with van der Waals surface area (Å²) in [6.45, 7) is 8.57. The van der Waals surface area contributed by atoms with Gasteiger partial charge in [0.15, 0.2) is 5.13 Å². The lowest BCUT2D eigenvalue weighted by Gasteiger charge is -2.06. The molecule has 3 amide bonds. The van der Waals surface area contributed by atoms with Gasteiger partial charge >= 0.3 is 6.03 Å². The van der Waals surface area contributed by atoms with Crippen LogP contribution in [-0.4, -0.2) is 23.5 Å². The van der Waals surface area contributed by atoms with E-state index in [1.165, 1.54) is 11.3 Å². The van der Waals surface area contributed by atoms with Gasteiger partial charge in [0.25, 0.3) is 5.91 Å². The van der Waals surface area contributed by atoms with E-state index in [0.717, 1.165) is 12.0 Å². The second-order valence-electron chi connectivity index (χ2n) is 6.32. The number of urea groups is 1. The fourth-order valence-corrected chi connectivity index (χ4v) is 3.08. The van der Waals surface area contributed by atoms with Gasteiger partial charge in [0.1, 0.15) is 4.88 Å². The monoisotopic (exact) mass is 360 g/mol. The number of carbonyl (C=O) groups is 2. The fourth-order valence-electron chi connectivity index (χ4n) is 2.20. The first-order chi connectivity index (χ1) is 11.8. The summed E-state index contributed by atoms with van der Waals surface area (Å²) in [6.07, 6.45) is 0.924. The average molecular weight is 360 g/mol. The van der Waals surface area contributed by atoms with Crippen molar-refractivity contribution in [2.24, 2.45) is 5.92 Å². The van der Waals surface area contributed by atoms with Crippen LogP contribution in [0.25, 0.3) is 0 Å². The third kappa shape index (κ3) is 5.86. The first-order valence-electron chi connectivity index (χ1n) is 8.25. The van der Waals surface area contributed by atoms with Crippen LogP contribution in [0.1, 0.15) is 41.2 Å². The number of aromatic nitrogens is 1. The first-order valence-corrected chi connectivity index (χ1v) is 9.07. The Balaban J connectivity index is 1.94. The highest BCUT2D eigenvalue weighted by Crippen LogP contribution is 2.23. The molecule has 1 aromatic carbocycles. The zero-order valence-electron chi connectivity index (χ0n) is 15.0. The van der Waals surface area contributed by atoms with Crippen molar-refractivity contribution < 1.29 is 9.59 Å². The Labute approximate surface area is 152 Å². The topological polar surface area (TPSA) is 83.1 Å². The van der Waals surface area contributed by atoms with E-state index in [1.54, 1.807) is 6.92 Å². The molecule has 0 aliphatic heterocycles. The van der Waals surface area contributed by atoms with Gasteiger partial charge in [-0.25, -0.2) is 9.78 Å². The summed E-state index contributed by atoms with van der Waals surface area (Å²) < 4.78 is 0. The predicted molar refractivity (Wildman–Crippen MR) is 102 cm³/mol. The van der Waals surface area contributed by atoms with E-state index in [2.05, 4.69) is 34.8 Å². The third-order valence-corrected chi connectivity index (χ3v) is 4.58. The number of hydrogen-bond donors (Lipinski definition) is 3. The molecule has 0 spiro atoms. The smallest absolute Gasteiger partial charge is 0.325 e. The predicted octanol–water partition coefficient (Wildman–Crippen LogP) is 4.18. The van der Waals surface area contributed by atoms with Gasteiger partial charge in [-0.3, -0.25) is 10.1 Å². The number of aryl methyl sites for hydroxylation is 2.